The van der Waals surface area contributed by atoms with Gasteiger partial charge in [-0.25, -0.2) is 0 Å². The van der Waals surface area contributed by atoms with E-state index < -0.39 is 0 Å². The Kier molecular flexibility index (Phi) is 6.23. The van der Waals surface area contributed by atoms with Gasteiger partial charge in [-0.1, -0.05) is 52.3 Å². The third kappa shape index (κ3) is 5.05. The van der Waals surface area contributed by atoms with Gasteiger partial charge in [0.05, 0.1) is 0 Å². The topological polar surface area (TPSA) is 49.4 Å². The van der Waals surface area contributed by atoms with E-state index in [1.165, 1.54) is 0 Å². The summed E-state index contributed by atoms with van der Waals surface area (Å²) in [6.45, 7) is 1.31. The Morgan fingerprint density at radius 3 is 2.46 bits per heavy atom. The maximum absolute atomic E-state index is 12.3. The number of halogens is 1. The molecule has 0 aliphatic carbocycles. The van der Waals surface area contributed by atoms with E-state index in [2.05, 4.69) is 21.2 Å². The quantitative estimate of drug-likeness (QED) is 0.774. The van der Waals surface area contributed by atoms with Gasteiger partial charge >= 0.3 is 0 Å². The van der Waals surface area contributed by atoms with Gasteiger partial charge in [0.25, 0.3) is 5.91 Å². The van der Waals surface area contributed by atoms with Crippen LogP contribution >= 0.6 is 15.9 Å². The minimum atomic E-state index is -0.0694. The molecule has 1 aliphatic rings. The zero-order chi connectivity index (χ0) is 18.4. The molecule has 2 aromatic carbocycles. The first kappa shape index (κ1) is 18.4. The van der Waals surface area contributed by atoms with Crippen molar-refractivity contribution in [3.63, 3.8) is 0 Å². The van der Waals surface area contributed by atoms with E-state index >= 15 is 0 Å². The lowest BCUT2D eigenvalue weighted by molar-refractivity contribution is -0.126. The number of carbonyl (C=O) groups is 2. The van der Waals surface area contributed by atoms with Crippen LogP contribution in [0.2, 0.25) is 0 Å². The van der Waals surface area contributed by atoms with Crippen LogP contribution in [0.3, 0.4) is 0 Å². The van der Waals surface area contributed by atoms with Gasteiger partial charge in [-0.3, -0.25) is 9.59 Å². The summed E-state index contributed by atoms with van der Waals surface area (Å²) < 4.78 is 0.885. The van der Waals surface area contributed by atoms with E-state index in [4.69, 9.17) is 0 Å². The highest BCUT2D eigenvalue weighted by atomic mass is 79.9. The summed E-state index contributed by atoms with van der Waals surface area (Å²) in [5.74, 6) is -0.0503. The van der Waals surface area contributed by atoms with E-state index in [9.17, 15) is 9.59 Å². The van der Waals surface area contributed by atoms with Crippen molar-refractivity contribution < 1.29 is 9.59 Å². The van der Waals surface area contributed by atoms with Crippen LogP contribution in [0.1, 0.15) is 28.8 Å². The number of amides is 2. The van der Waals surface area contributed by atoms with Crippen molar-refractivity contribution in [2.24, 2.45) is 0 Å². The zero-order valence-electron chi connectivity index (χ0n) is 14.4. The molecule has 4 nitrogen and oxygen atoms in total. The number of benzene rings is 2. The number of nitrogens with zero attached hydrogens (tertiary/aromatic N) is 1. The summed E-state index contributed by atoms with van der Waals surface area (Å²) in [5.41, 5.74) is 1.65. The number of nitrogens with one attached hydrogen (secondary N) is 1. The molecule has 26 heavy (non-hydrogen) atoms. The van der Waals surface area contributed by atoms with Crippen molar-refractivity contribution in [1.29, 1.82) is 0 Å². The second kappa shape index (κ2) is 8.81. The molecule has 1 heterocycles. The number of rotatable bonds is 4. The number of hydrogen-bond acceptors (Lipinski definition) is 2. The summed E-state index contributed by atoms with van der Waals surface area (Å²) in [5, 5.41) is 3.06. The molecule has 0 bridgehead atoms. The molecule has 0 spiro atoms. The SMILES string of the molecule is O=C(NC1CCN(C(=O)/C=C/c2ccccc2)CC1)c1cccc(Br)c1. The number of carbonyl (C=O) groups excluding carboxylic acids is 2. The molecule has 2 amide bonds. The Morgan fingerprint density at radius 1 is 1.04 bits per heavy atom. The number of piperidine rings is 1. The molecule has 0 radical (unpaired) electrons. The van der Waals surface area contributed by atoms with Gasteiger partial charge in [0.2, 0.25) is 5.91 Å². The smallest absolute Gasteiger partial charge is 0.251 e. The molecule has 0 saturated carbocycles. The number of likely N-dealkylation sites (tertiary alicyclic amines) is 1. The molecule has 1 N–H and O–H groups in total. The monoisotopic (exact) mass is 412 g/mol. The molecule has 3 rings (SSSR count). The second-order valence-electron chi connectivity index (χ2n) is 6.33. The molecule has 0 unspecified atom stereocenters. The van der Waals surface area contributed by atoms with Crippen molar-refractivity contribution in [1.82, 2.24) is 10.2 Å². The summed E-state index contributed by atoms with van der Waals surface area (Å²) in [7, 11) is 0. The summed E-state index contributed by atoms with van der Waals surface area (Å²) in [6.07, 6.45) is 4.99. The zero-order valence-corrected chi connectivity index (χ0v) is 16.0. The largest absolute Gasteiger partial charge is 0.349 e. The van der Waals surface area contributed by atoms with Gasteiger partial charge in [-0.15, -0.1) is 0 Å². The standard InChI is InChI=1S/C21H21BrN2O2/c22-18-8-4-7-17(15-18)21(26)23-19-11-13-24(14-12-19)20(25)10-9-16-5-2-1-3-6-16/h1-10,15,19H,11-14H2,(H,23,26)/b10-9+. The fourth-order valence-electron chi connectivity index (χ4n) is 2.98. The van der Waals surface area contributed by atoms with E-state index in [0.29, 0.717) is 18.7 Å². The van der Waals surface area contributed by atoms with Crippen LogP contribution in [-0.2, 0) is 4.79 Å². The van der Waals surface area contributed by atoms with Crippen LogP contribution in [-0.4, -0.2) is 35.8 Å². The van der Waals surface area contributed by atoms with Gasteiger partial charge in [-0.05, 0) is 42.7 Å². The summed E-state index contributed by atoms with van der Waals surface area (Å²) >= 11 is 3.38. The van der Waals surface area contributed by atoms with E-state index in [-0.39, 0.29) is 17.9 Å². The van der Waals surface area contributed by atoms with Crippen molar-refractivity contribution in [3.8, 4) is 0 Å². The Hall–Kier alpha value is -2.40. The van der Waals surface area contributed by atoms with E-state index in [1.54, 1.807) is 12.1 Å². The fraction of sp³-hybridized carbons (Fsp3) is 0.238. The predicted octanol–water partition coefficient (Wildman–Crippen LogP) is 3.88. The second-order valence-corrected chi connectivity index (χ2v) is 7.24. The Labute approximate surface area is 162 Å². The highest BCUT2D eigenvalue weighted by Crippen LogP contribution is 2.15. The Balaban J connectivity index is 1.48. The van der Waals surface area contributed by atoms with E-state index in [1.807, 2.05) is 59.5 Å². The lowest BCUT2D eigenvalue weighted by Gasteiger charge is -2.31. The van der Waals surface area contributed by atoms with Crippen LogP contribution in [0.25, 0.3) is 6.08 Å². The first-order valence-corrected chi connectivity index (χ1v) is 9.49. The first-order valence-electron chi connectivity index (χ1n) is 8.70. The van der Waals surface area contributed by atoms with Crippen molar-refractivity contribution in [2.45, 2.75) is 18.9 Å². The van der Waals surface area contributed by atoms with Crippen LogP contribution in [0.15, 0.2) is 65.1 Å². The van der Waals surface area contributed by atoms with Crippen molar-refractivity contribution in [2.75, 3.05) is 13.1 Å². The predicted molar refractivity (Wildman–Crippen MR) is 107 cm³/mol. The van der Waals surface area contributed by atoms with Gasteiger partial charge in [-0.2, -0.15) is 0 Å². The average Bonchev–Trinajstić information content (AvgIpc) is 2.67. The summed E-state index contributed by atoms with van der Waals surface area (Å²) in [6, 6.07) is 17.2. The molecule has 1 saturated heterocycles. The fourth-order valence-corrected chi connectivity index (χ4v) is 3.38. The molecule has 0 aromatic heterocycles. The minimum absolute atomic E-state index is 0.0191. The van der Waals surface area contributed by atoms with Crippen LogP contribution in [0.5, 0.6) is 0 Å². The maximum atomic E-state index is 12.3. The van der Waals surface area contributed by atoms with Crippen molar-refractivity contribution in [3.05, 3.63) is 76.3 Å². The first-order chi connectivity index (χ1) is 12.6. The van der Waals surface area contributed by atoms with Crippen LogP contribution in [0, 0.1) is 0 Å². The molecule has 5 heteroatoms. The molecule has 0 atom stereocenters. The van der Waals surface area contributed by atoms with Gasteiger partial charge in [0, 0.05) is 35.2 Å². The lowest BCUT2D eigenvalue weighted by atomic mass is 10.0. The molecule has 2 aromatic rings. The molecule has 134 valence electrons. The molecular weight excluding hydrogens is 392 g/mol. The lowest BCUT2D eigenvalue weighted by Crippen LogP contribution is -2.46. The highest BCUT2D eigenvalue weighted by Gasteiger charge is 2.23. The normalized spacial score (nSPS) is 15.2. The minimum Gasteiger partial charge on any atom is -0.349 e. The van der Waals surface area contributed by atoms with Crippen molar-refractivity contribution >= 4 is 33.8 Å². The molecular formula is C21H21BrN2O2. The van der Waals surface area contributed by atoms with Gasteiger partial charge in [0.1, 0.15) is 0 Å². The van der Waals surface area contributed by atoms with E-state index in [0.717, 1.165) is 22.9 Å². The third-order valence-corrected chi connectivity index (χ3v) is 4.94. The molecule has 1 aliphatic heterocycles. The Bertz CT molecular complexity index is 797. The highest BCUT2D eigenvalue weighted by molar-refractivity contribution is 9.10. The maximum Gasteiger partial charge on any atom is 0.251 e. The number of hydrogen-bond donors (Lipinski definition) is 1. The van der Waals surface area contributed by atoms with Gasteiger partial charge in [0.15, 0.2) is 0 Å². The van der Waals surface area contributed by atoms with Crippen LogP contribution < -0.4 is 5.32 Å². The van der Waals surface area contributed by atoms with Crippen LogP contribution in [0.4, 0.5) is 0 Å². The van der Waals surface area contributed by atoms with Gasteiger partial charge < -0.3 is 10.2 Å². The average molecular weight is 413 g/mol. The molecule has 1 fully saturated rings. The Morgan fingerprint density at radius 2 is 1.77 bits per heavy atom. The summed E-state index contributed by atoms with van der Waals surface area (Å²) in [4.78, 5) is 26.5. The third-order valence-electron chi connectivity index (χ3n) is 4.45.